The summed E-state index contributed by atoms with van der Waals surface area (Å²) in [6.45, 7) is 6.14. The number of methoxy groups -OCH3 is 1. The molecular weight excluding hydrogens is 370 g/mol. The Morgan fingerprint density at radius 3 is 2.28 bits per heavy atom. The lowest BCUT2D eigenvalue weighted by Gasteiger charge is -2.13. The van der Waals surface area contributed by atoms with E-state index < -0.39 is 4.92 Å². The van der Waals surface area contributed by atoms with Gasteiger partial charge in [0.1, 0.15) is 12.1 Å². The fourth-order valence-electron chi connectivity index (χ4n) is 2.87. The Bertz CT molecular complexity index is 1020. The number of aromatic nitrogens is 2. The van der Waals surface area contributed by atoms with Crippen LogP contribution in [-0.2, 0) is 0 Å². The maximum Gasteiger partial charge on any atom is 0.353 e. The molecule has 3 aromatic rings. The smallest absolute Gasteiger partial charge is 0.353 e. The van der Waals surface area contributed by atoms with Crippen molar-refractivity contribution in [2.75, 3.05) is 17.7 Å². The summed E-state index contributed by atoms with van der Waals surface area (Å²) in [5.74, 6) is 1.14. The standard InChI is InChI=1S/C21H23N5O3/c1-13(2)15-6-8-16(9-7-15)24-20-19(26(27)28)21(23-12-22-20)25-17-11-14(3)5-10-18(17)29-4/h5-13H,1-4H3,(H2,22,23,24,25). The van der Waals surface area contributed by atoms with E-state index in [0.717, 1.165) is 5.56 Å². The number of anilines is 4. The van der Waals surface area contributed by atoms with Crippen LogP contribution in [0.5, 0.6) is 5.75 Å². The van der Waals surface area contributed by atoms with Crippen molar-refractivity contribution in [1.29, 1.82) is 0 Å². The highest BCUT2D eigenvalue weighted by atomic mass is 16.6. The lowest BCUT2D eigenvalue weighted by atomic mass is 10.0. The number of nitrogens with zero attached hydrogens (tertiary/aromatic N) is 3. The zero-order chi connectivity index (χ0) is 21.0. The van der Waals surface area contributed by atoms with Gasteiger partial charge in [-0.1, -0.05) is 32.0 Å². The first-order chi connectivity index (χ1) is 13.9. The summed E-state index contributed by atoms with van der Waals surface area (Å²) in [6, 6.07) is 13.2. The summed E-state index contributed by atoms with van der Waals surface area (Å²) in [5, 5.41) is 17.8. The summed E-state index contributed by atoms with van der Waals surface area (Å²) in [4.78, 5) is 19.5. The molecule has 0 aliphatic heterocycles. The highest BCUT2D eigenvalue weighted by molar-refractivity contribution is 5.78. The molecule has 3 rings (SSSR count). The molecule has 1 aromatic heterocycles. The highest BCUT2D eigenvalue weighted by Crippen LogP contribution is 2.35. The van der Waals surface area contributed by atoms with Crippen molar-refractivity contribution < 1.29 is 9.66 Å². The van der Waals surface area contributed by atoms with Crippen molar-refractivity contribution in [2.45, 2.75) is 26.7 Å². The first kappa shape index (κ1) is 20.1. The van der Waals surface area contributed by atoms with E-state index in [1.54, 1.807) is 6.07 Å². The predicted octanol–water partition coefficient (Wildman–Crippen LogP) is 5.31. The van der Waals surface area contributed by atoms with E-state index in [1.807, 2.05) is 43.3 Å². The van der Waals surface area contributed by atoms with Crippen LogP contribution in [0.4, 0.5) is 28.7 Å². The van der Waals surface area contributed by atoms with E-state index in [0.29, 0.717) is 23.0 Å². The summed E-state index contributed by atoms with van der Waals surface area (Å²) in [5.41, 5.74) is 3.20. The Balaban J connectivity index is 1.96. The maximum absolute atomic E-state index is 11.8. The zero-order valence-electron chi connectivity index (χ0n) is 16.8. The Hall–Kier alpha value is -3.68. The summed E-state index contributed by atoms with van der Waals surface area (Å²) < 4.78 is 5.34. The van der Waals surface area contributed by atoms with Crippen LogP contribution in [0, 0.1) is 17.0 Å². The molecule has 1 heterocycles. The van der Waals surface area contributed by atoms with E-state index in [9.17, 15) is 10.1 Å². The van der Waals surface area contributed by atoms with E-state index in [4.69, 9.17) is 4.74 Å². The molecule has 2 N–H and O–H groups in total. The Morgan fingerprint density at radius 2 is 1.69 bits per heavy atom. The summed E-state index contributed by atoms with van der Waals surface area (Å²) >= 11 is 0. The largest absolute Gasteiger partial charge is 0.495 e. The molecule has 0 radical (unpaired) electrons. The van der Waals surface area contributed by atoms with Crippen molar-refractivity contribution in [2.24, 2.45) is 0 Å². The molecular formula is C21H23N5O3. The van der Waals surface area contributed by atoms with Crippen LogP contribution >= 0.6 is 0 Å². The Labute approximate surface area is 169 Å². The monoisotopic (exact) mass is 393 g/mol. The maximum atomic E-state index is 11.8. The average Bonchev–Trinajstić information content (AvgIpc) is 2.68. The number of nitro groups is 1. The number of rotatable bonds is 7. The number of benzene rings is 2. The zero-order valence-corrected chi connectivity index (χ0v) is 16.8. The minimum absolute atomic E-state index is 0.0789. The van der Waals surface area contributed by atoms with Crippen LogP contribution in [0.25, 0.3) is 0 Å². The van der Waals surface area contributed by atoms with E-state index in [1.165, 1.54) is 19.0 Å². The third-order valence-electron chi connectivity index (χ3n) is 4.45. The highest BCUT2D eigenvalue weighted by Gasteiger charge is 2.24. The molecule has 0 fully saturated rings. The van der Waals surface area contributed by atoms with Gasteiger partial charge in [-0.3, -0.25) is 10.1 Å². The summed E-state index contributed by atoms with van der Waals surface area (Å²) in [6.07, 6.45) is 1.28. The van der Waals surface area contributed by atoms with Crippen LogP contribution in [0.1, 0.15) is 30.9 Å². The molecule has 0 saturated carbocycles. The van der Waals surface area contributed by atoms with Gasteiger partial charge in [-0.25, -0.2) is 9.97 Å². The van der Waals surface area contributed by atoms with Crippen LogP contribution in [0.3, 0.4) is 0 Å². The Morgan fingerprint density at radius 1 is 1.03 bits per heavy atom. The van der Waals surface area contributed by atoms with Gasteiger partial charge in [0.05, 0.1) is 17.7 Å². The quantitative estimate of drug-likeness (QED) is 0.414. The minimum Gasteiger partial charge on any atom is -0.495 e. The van der Waals surface area contributed by atoms with Crippen LogP contribution in [-0.4, -0.2) is 22.0 Å². The van der Waals surface area contributed by atoms with Crippen LogP contribution in [0.2, 0.25) is 0 Å². The van der Waals surface area contributed by atoms with Gasteiger partial charge in [0, 0.05) is 5.69 Å². The lowest BCUT2D eigenvalue weighted by Crippen LogP contribution is -2.06. The fourth-order valence-corrected chi connectivity index (χ4v) is 2.87. The molecule has 0 spiro atoms. The lowest BCUT2D eigenvalue weighted by molar-refractivity contribution is -0.383. The van der Waals surface area contributed by atoms with Crippen molar-refractivity contribution in [3.05, 3.63) is 70.0 Å². The second-order valence-electron chi connectivity index (χ2n) is 6.91. The summed E-state index contributed by atoms with van der Waals surface area (Å²) in [7, 11) is 1.54. The molecule has 0 bridgehead atoms. The molecule has 0 aliphatic carbocycles. The van der Waals surface area contributed by atoms with Crippen molar-refractivity contribution in [3.63, 3.8) is 0 Å². The fraction of sp³-hybridized carbons (Fsp3) is 0.238. The van der Waals surface area contributed by atoms with Gasteiger partial charge in [-0.05, 0) is 48.2 Å². The predicted molar refractivity (Wildman–Crippen MR) is 114 cm³/mol. The third-order valence-corrected chi connectivity index (χ3v) is 4.45. The molecule has 2 aromatic carbocycles. The number of hydrogen-bond acceptors (Lipinski definition) is 7. The van der Waals surface area contributed by atoms with Gasteiger partial charge in [0.2, 0.25) is 11.6 Å². The SMILES string of the molecule is COc1ccc(C)cc1Nc1ncnc(Nc2ccc(C(C)C)cc2)c1[N+](=O)[O-]. The second kappa shape index (κ2) is 8.55. The molecule has 0 unspecified atom stereocenters. The van der Waals surface area contributed by atoms with E-state index in [-0.39, 0.29) is 17.3 Å². The van der Waals surface area contributed by atoms with Gasteiger partial charge in [-0.15, -0.1) is 0 Å². The van der Waals surface area contributed by atoms with Crippen molar-refractivity contribution >= 4 is 28.7 Å². The second-order valence-corrected chi connectivity index (χ2v) is 6.91. The molecule has 29 heavy (non-hydrogen) atoms. The van der Waals surface area contributed by atoms with Gasteiger partial charge in [0.25, 0.3) is 0 Å². The topological polar surface area (TPSA) is 102 Å². The Kier molecular flexibility index (Phi) is 5.92. The van der Waals surface area contributed by atoms with Crippen molar-refractivity contribution in [1.82, 2.24) is 9.97 Å². The minimum atomic E-state index is -0.505. The van der Waals surface area contributed by atoms with E-state index in [2.05, 4.69) is 34.4 Å². The number of ether oxygens (including phenoxy) is 1. The van der Waals surface area contributed by atoms with Gasteiger partial charge in [-0.2, -0.15) is 0 Å². The van der Waals surface area contributed by atoms with Gasteiger partial charge < -0.3 is 15.4 Å². The molecule has 150 valence electrons. The van der Waals surface area contributed by atoms with Crippen LogP contribution < -0.4 is 15.4 Å². The number of hydrogen-bond donors (Lipinski definition) is 2. The molecule has 0 saturated heterocycles. The third kappa shape index (κ3) is 4.60. The molecule has 8 nitrogen and oxygen atoms in total. The average molecular weight is 393 g/mol. The number of aryl methyl sites for hydroxylation is 1. The molecule has 8 heteroatoms. The first-order valence-electron chi connectivity index (χ1n) is 9.17. The van der Waals surface area contributed by atoms with Crippen molar-refractivity contribution in [3.8, 4) is 5.75 Å². The van der Waals surface area contributed by atoms with Gasteiger partial charge >= 0.3 is 5.69 Å². The van der Waals surface area contributed by atoms with Gasteiger partial charge in [0.15, 0.2) is 0 Å². The molecule has 0 aliphatic rings. The van der Waals surface area contributed by atoms with Crippen LogP contribution in [0.15, 0.2) is 48.8 Å². The normalized spacial score (nSPS) is 10.7. The van der Waals surface area contributed by atoms with E-state index >= 15 is 0 Å². The molecule has 0 amide bonds. The molecule has 0 atom stereocenters. The first-order valence-corrected chi connectivity index (χ1v) is 9.17. The number of nitrogens with one attached hydrogen (secondary N) is 2.